The molecule has 0 aromatic carbocycles. The van der Waals surface area contributed by atoms with E-state index in [9.17, 15) is 4.79 Å². The Morgan fingerprint density at radius 2 is 2.07 bits per heavy atom. The van der Waals surface area contributed by atoms with E-state index in [1.165, 1.54) is 0 Å². The van der Waals surface area contributed by atoms with Gasteiger partial charge in [0.05, 0.1) is 17.4 Å². The lowest BCUT2D eigenvalue weighted by Crippen LogP contribution is -2.25. The fourth-order valence-corrected chi connectivity index (χ4v) is 3.53. The van der Waals surface area contributed by atoms with Crippen molar-refractivity contribution in [3.05, 3.63) is 36.8 Å². The lowest BCUT2D eigenvalue weighted by atomic mass is 10.00. The molecule has 1 unspecified atom stereocenters. The number of anilines is 1. The maximum Gasteiger partial charge on any atom is 0.228 e. The quantitative estimate of drug-likeness (QED) is 0.773. The number of hydrogen-bond acceptors (Lipinski definition) is 5. The van der Waals surface area contributed by atoms with Crippen molar-refractivity contribution < 1.29 is 4.79 Å². The summed E-state index contributed by atoms with van der Waals surface area (Å²) in [7, 11) is 3.99. The average Bonchev–Trinajstić information content (AvgIpc) is 2.98. The summed E-state index contributed by atoms with van der Waals surface area (Å²) in [5.74, 6) is 0.656. The van der Waals surface area contributed by atoms with E-state index in [4.69, 9.17) is 4.98 Å². The molecule has 27 heavy (non-hydrogen) atoms. The highest BCUT2D eigenvalue weighted by Crippen LogP contribution is 2.23. The number of likely N-dealkylation sites (tertiary alicyclic amines) is 1. The molecule has 1 N–H and O–H groups in total. The first-order chi connectivity index (χ1) is 13.1. The predicted molar refractivity (Wildman–Crippen MR) is 105 cm³/mol. The van der Waals surface area contributed by atoms with E-state index >= 15 is 0 Å². The summed E-state index contributed by atoms with van der Waals surface area (Å²) in [5.41, 5.74) is 2.62. The Hall–Kier alpha value is -2.80. The van der Waals surface area contributed by atoms with Crippen LogP contribution in [0.3, 0.4) is 0 Å². The number of amides is 1. The van der Waals surface area contributed by atoms with Crippen LogP contribution in [0, 0.1) is 5.92 Å². The fraction of sp³-hybridized carbons (Fsp3) is 0.400. The van der Waals surface area contributed by atoms with Gasteiger partial charge in [0.1, 0.15) is 5.82 Å². The number of nitrogens with one attached hydrogen (secondary N) is 1. The lowest BCUT2D eigenvalue weighted by Gasteiger charge is -2.14. The topological polar surface area (TPSA) is 75.9 Å². The fourth-order valence-electron chi connectivity index (χ4n) is 3.53. The minimum absolute atomic E-state index is 0.0436. The van der Waals surface area contributed by atoms with Gasteiger partial charge in [-0.2, -0.15) is 5.10 Å². The molecule has 0 radical (unpaired) electrons. The third-order valence-electron chi connectivity index (χ3n) is 5.15. The van der Waals surface area contributed by atoms with Gasteiger partial charge < -0.3 is 10.2 Å². The largest absolute Gasteiger partial charge is 0.310 e. The number of aryl methyl sites for hydroxylation is 1. The van der Waals surface area contributed by atoms with Crippen LogP contribution in [0.2, 0.25) is 0 Å². The molecule has 7 heteroatoms. The highest BCUT2D eigenvalue weighted by atomic mass is 16.1. The Kier molecular flexibility index (Phi) is 4.85. The Bertz CT molecular complexity index is 966. The van der Waals surface area contributed by atoms with Gasteiger partial charge in [0, 0.05) is 42.4 Å². The van der Waals surface area contributed by atoms with Gasteiger partial charge in [0.2, 0.25) is 5.91 Å². The molecule has 0 bridgehead atoms. The van der Waals surface area contributed by atoms with Gasteiger partial charge >= 0.3 is 0 Å². The van der Waals surface area contributed by atoms with Crippen LogP contribution in [-0.2, 0) is 11.8 Å². The number of carbonyl (C=O) groups excluding carboxylic acids is 1. The van der Waals surface area contributed by atoms with E-state index in [0.29, 0.717) is 5.82 Å². The van der Waals surface area contributed by atoms with Crippen LogP contribution in [-0.4, -0.2) is 50.7 Å². The number of nitrogens with zero attached hydrogens (tertiary/aromatic N) is 5. The molecule has 140 valence electrons. The number of carbonyl (C=O) groups is 1. The van der Waals surface area contributed by atoms with Gasteiger partial charge in [-0.3, -0.25) is 9.48 Å². The normalized spacial score (nSPS) is 18.4. The Labute approximate surface area is 158 Å². The SMILES string of the molecule is CN1CCCC(C(=O)Nc2cc3nc(-c4cnn(C)c4)ccc3cn2)CC1. The van der Waals surface area contributed by atoms with Crippen molar-refractivity contribution >= 4 is 22.6 Å². The summed E-state index contributed by atoms with van der Waals surface area (Å²) in [6, 6.07) is 5.79. The molecule has 1 aliphatic rings. The Morgan fingerprint density at radius 1 is 1.19 bits per heavy atom. The molecule has 0 saturated carbocycles. The van der Waals surface area contributed by atoms with Gasteiger partial charge in [-0.15, -0.1) is 0 Å². The van der Waals surface area contributed by atoms with Crippen molar-refractivity contribution in [2.75, 3.05) is 25.5 Å². The van der Waals surface area contributed by atoms with Gasteiger partial charge in [-0.1, -0.05) is 0 Å². The van der Waals surface area contributed by atoms with Gasteiger partial charge in [0.15, 0.2) is 0 Å². The molecule has 1 aliphatic heterocycles. The first-order valence-electron chi connectivity index (χ1n) is 9.34. The molecule has 4 rings (SSSR count). The maximum atomic E-state index is 12.7. The first kappa shape index (κ1) is 17.6. The summed E-state index contributed by atoms with van der Waals surface area (Å²) >= 11 is 0. The summed E-state index contributed by atoms with van der Waals surface area (Å²) in [5, 5.41) is 8.12. The van der Waals surface area contributed by atoms with E-state index in [-0.39, 0.29) is 11.8 Å². The van der Waals surface area contributed by atoms with Gasteiger partial charge in [0.25, 0.3) is 0 Å². The second-order valence-corrected chi connectivity index (χ2v) is 7.28. The maximum absolute atomic E-state index is 12.7. The van der Waals surface area contributed by atoms with Crippen LogP contribution in [0.25, 0.3) is 22.2 Å². The number of pyridine rings is 2. The van der Waals surface area contributed by atoms with Gasteiger partial charge in [-0.25, -0.2) is 9.97 Å². The van der Waals surface area contributed by atoms with E-state index in [0.717, 1.165) is 54.5 Å². The van der Waals surface area contributed by atoms with Crippen molar-refractivity contribution in [1.29, 1.82) is 0 Å². The number of rotatable bonds is 3. The van der Waals surface area contributed by atoms with Gasteiger partial charge in [-0.05, 0) is 51.5 Å². The van der Waals surface area contributed by atoms with Crippen molar-refractivity contribution in [2.45, 2.75) is 19.3 Å². The minimum Gasteiger partial charge on any atom is -0.310 e. The van der Waals surface area contributed by atoms with Crippen LogP contribution in [0.1, 0.15) is 19.3 Å². The molecule has 0 spiro atoms. The molecular formula is C20H24N6O. The van der Waals surface area contributed by atoms with E-state index in [1.807, 2.05) is 31.4 Å². The zero-order chi connectivity index (χ0) is 18.8. The van der Waals surface area contributed by atoms with Crippen molar-refractivity contribution in [3.8, 4) is 11.3 Å². The second-order valence-electron chi connectivity index (χ2n) is 7.28. The van der Waals surface area contributed by atoms with E-state index < -0.39 is 0 Å². The summed E-state index contributed by atoms with van der Waals surface area (Å²) < 4.78 is 1.75. The van der Waals surface area contributed by atoms with Crippen LogP contribution < -0.4 is 5.32 Å². The van der Waals surface area contributed by atoms with Crippen LogP contribution in [0.4, 0.5) is 5.82 Å². The number of fused-ring (bicyclic) bond motifs is 1. The predicted octanol–water partition coefficient (Wildman–Crippen LogP) is 2.70. The van der Waals surface area contributed by atoms with Crippen LogP contribution in [0.15, 0.2) is 36.8 Å². The monoisotopic (exact) mass is 364 g/mol. The molecule has 1 fully saturated rings. The molecular weight excluding hydrogens is 340 g/mol. The summed E-state index contributed by atoms with van der Waals surface area (Å²) in [6.07, 6.45) is 8.34. The van der Waals surface area contributed by atoms with Crippen molar-refractivity contribution in [1.82, 2.24) is 24.6 Å². The standard InChI is InChI=1S/C20H24N6O/c1-25-8-3-4-14(7-9-25)20(27)24-19-10-18-15(11-21-19)5-6-17(23-18)16-12-22-26(2)13-16/h5-6,10-14H,3-4,7-9H2,1-2H3,(H,21,24,27). The minimum atomic E-state index is 0.0436. The molecule has 3 aromatic rings. The zero-order valence-corrected chi connectivity index (χ0v) is 15.7. The second kappa shape index (κ2) is 7.44. The molecule has 1 atom stereocenters. The third-order valence-corrected chi connectivity index (χ3v) is 5.15. The van der Waals surface area contributed by atoms with Crippen molar-refractivity contribution in [2.24, 2.45) is 13.0 Å². The van der Waals surface area contributed by atoms with Crippen molar-refractivity contribution in [3.63, 3.8) is 0 Å². The van der Waals surface area contributed by atoms with E-state index in [2.05, 4.69) is 27.3 Å². The number of hydrogen-bond donors (Lipinski definition) is 1. The third kappa shape index (κ3) is 3.98. The van der Waals surface area contributed by atoms with Crippen LogP contribution in [0.5, 0.6) is 0 Å². The highest BCUT2D eigenvalue weighted by Gasteiger charge is 2.22. The molecule has 3 aromatic heterocycles. The van der Waals surface area contributed by atoms with E-state index in [1.54, 1.807) is 17.1 Å². The molecule has 4 heterocycles. The van der Waals surface area contributed by atoms with Crippen LogP contribution >= 0.6 is 0 Å². The molecule has 1 saturated heterocycles. The number of aromatic nitrogens is 4. The summed E-state index contributed by atoms with van der Waals surface area (Å²) in [4.78, 5) is 24.0. The molecule has 0 aliphatic carbocycles. The molecule has 1 amide bonds. The lowest BCUT2D eigenvalue weighted by molar-refractivity contribution is -0.120. The Morgan fingerprint density at radius 3 is 2.89 bits per heavy atom. The average molecular weight is 364 g/mol. The smallest absolute Gasteiger partial charge is 0.228 e. The first-order valence-corrected chi connectivity index (χ1v) is 9.34. The molecule has 7 nitrogen and oxygen atoms in total. The zero-order valence-electron chi connectivity index (χ0n) is 15.7. The Balaban J connectivity index is 1.54. The summed E-state index contributed by atoms with van der Waals surface area (Å²) in [6.45, 7) is 2.01. The highest BCUT2D eigenvalue weighted by molar-refractivity contribution is 5.93.